The van der Waals surface area contributed by atoms with Crippen LogP contribution >= 0.6 is 0 Å². The number of epoxide rings is 1. The van der Waals surface area contributed by atoms with Gasteiger partial charge in [0.15, 0.2) is 0 Å². The second-order valence-corrected chi connectivity index (χ2v) is 4.21. The summed E-state index contributed by atoms with van der Waals surface area (Å²) in [5.74, 6) is 0. The summed E-state index contributed by atoms with van der Waals surface area (Å²) >= 11 is 0. The van der Waals surface area contributed by atoms with Crippen LogP contribution in [0.1, 0.15) is 52.9 Å². The quantitative estimate of drug-likeness (QED) is 0.510. The summed E-state index contributed by atoms with van der Waals surface area (Å²) in [6.07, 6.45) is 5.48. The number of unbranched alkanes of at least 4 members (excludes halogenated alkanes) is 2. The van der Waals surface area contributed by atoms with Crippen molar-refractivity contribution in [3.63, 3.8) is 0 Å². The standard InChI is InChI=1S/C11H22O2/c1-4-6-7-8-9(12)11(3)10(5-2)13-11/h9-10,12H,4-8H2,1-3H3. The van der Waals surface area contributed by atoms with E-state index in [4.69, 9.17) is 4.74 Å². The second kappa shape index (κ2) is 4.43. The fraction of sp³-hybridized carbons (Fsp3) is 1.00. The van der Waals surface area contributed by atoms with E-state index < -0.39 is 0 Å². The molecule has 78 valence electrons. The summed E-state index contributed by atoms with van der Waals surface area (Å²) < 4.78 is 5.50. The van der Waals surface area contributed by atoms with E-state index in [0.29, 0.717) is 6.10 Å². The van der Waals surface area contributed by atoms with Crippen molar-refractivity contribution in [2.24, 2.45) is 0 Å². The smallest absolute Gasteiger partial charge is 0.118 e. The molecule has 1 rings (SSSR count). The molecule has 0 bridgehead atoms. The monoisotopic (exact) mass is 186 g/mol. The van der Waals surface area contributed by atoms with E-state index in [0.717, 1.165) is 19.3 Å². The van der Waals surface area contributed by atoms with Gasteiger partial charge in [0.05, 0.1) is 12.2 Å². The van der Waals surface area contributed by atoms with Crippen LogP contribution in [0, 0.1) is 0 Å². The van der Waals surface area contributed by atoms with E-state index in [1.165, 1.54) is 12.8 Å². The Labute approximate surface area is 81.3 Å². The predicted molar refractivity (Wildman–Crippen MR) is 53.7 cm³/mol. The average Bonchev–Trinajstić information content (AvgIpc) is 2.79. The Bertz CT molecular complexity index is 158. The summed E-state index contributed by atoms with van der Waals surface area (Å²) in [7, 11) is 0. The molecule has 2 heteroatoms. The highest BCUT2D eigenvalue weighted by Crippen LogP contribution is 2.42. The molecular weight excluding hydrogens is 164 g/mol. The molecule has 0 spiro atoms. The van der Waals surface area contributed by atoms with Crippen LogP contribution in [-0.2, 0) is 4.74 Å². The Hall–Kier alpha value is -0.0800. The van der Waals surface area contributed by atoms with E-state index in [9.17, 15) is 5.11 Å². The van der Waals surface area contributed by atoms with Crippen molar-refractivity contribution in [1.29, 1.82) is 0 Å². The molecular formula is C11H22O2. The van der Waals surface area contributed by atoms with Crippen LogP contribution in [0.15, 0.2) is 0 Å². The Morgan fingerprint density at radius 1 is 1.38 bits per heavy atom. The second-order valence-electron chi connectivity index (χ2n) is 4.21. The van der Waals surface area contributed by atoms with Gasteiger partial charge in [-0.3, -0.25) is 0 Å². The van der Waals surface area contributed by atoms with Gasteiger partial charge in [-0.2, -0.15) is 0 Å². The number of hydrogen-bond acceptors (Lipinski definition) is 2. The molecule has 1 N–H and O–H groups in total. The molecule has 0 radical (unpaired) electrons. The molecule has 1 fully saturated rings. The zero-order valence-corrected chi connectivity index (χ0v) is 9.05. The highest BCUT2D eigenvalue weighted by Gasteiger charge is 2.55. The van der Waals surface area contributed by atoms with Gasteiger partial charge < -0.3 is 9.84 Å². The van der Waals surface area contributed by atoms with Gasteiger partial charge in [-0.05, 0) is 19.8 Å². The first-order valence-electron chi connectivity index (χ1n) is 5.51. The van der Waals surface area contributed by atoms with Crippen molar-refractivity contribution in [1.82, 2.24) is 0 Å². The third kappa shape index (κ3) is 2.44. The first-order chi connectivity index (χ1) is 6.15. The molecule has 1 heterocycles. The van der Waals surface area contributed by atoms with Crippen LogP contribution in [0.4, 0.5) is 0 Å². The molecule has 0 aromatic heterocycles. The summed E-state index contributed by atoms with van der Waals surface area (Å²) in [6.45, 7) is 6.31. The number of rotatable bonds is 6. The van der Waals surface area contributed by atoms with Gasteiger partial charge in [0.1, 0.15) is 5.60 Å². The third-order valence-corrected chi connectivity index (χ3v) is 3.09. The molecule has 1 saturated heterocycles. The highest BCUT2D eigenvalue weighted by atomic mass is 16.6. The lowest BCUT2D eigenvalue weighted by Gasteiger charge is -2.14. The molecule has 0 amide bonds. The largest absolute Gasteiger partial charge is 0.390 e. The third-order valence-electron chi connectivity index (χ3n) is 3.09. The number of ether oxygens (including phenoxy) is 1. The zero-order chi connectivity index (χ0) is 9.90. The predicted octanol–water partition coefficient (Wildman–Crippen LogP) is 2.50. The lowest BCUT2D eigenvalue weighted by atomic mass is 9.95. The normalized spacial score (nSPS) is 34.6. The lowest BCUT2D eigenvalue weighted by Crippen LogP contribution is -2.28. The van der Waals surface area contributed by atoms with Gasteiger partial charge in [-0.15, -0.1) is 0 Å². The average molecular weight is 186 g/mol. The fourth-order valence-electron chi connectivity index (χ4n) is 1.93. The maximum absolute atomic E-state index is 9.85. The van der Waals surface area contributed by atoms with Gasteiger partial charge in [0.2, 0.25) is 0 Å². The van der Waals surface area contributed by atoms with Gasteiger partial charge in [0.25, 0.3) is 0 Å². The molecule has 2 nitrogen and oxygen atoms in total. The SMILES string of the molecule is CCCCCC(O)C1(C)OC1CC. The van der Waals surface area contributed by atoms with Crippen molar-refractivity contribution < 1.29 is 9.84 Å². The van der Waals surface area contributed by atoms with Crippen molar-refractivity contribution >= 4 is 0 Å². The zero-order valence-electron chi connectivity index (χ0n) is 9.05. The maximum Gasteiger partial charge on any atom is 0.118 e. The minimum atomic E-state index is -0.260. The molecule has 0 aliphatic carbocycles. The summed E-state index contributed by atoms with van der Waals surface area (Å²) in [4.78, 5) is 0. The van der Waals surface area contributed by atoms with Crippen molar-refractivity contribution in [3.05, 3.63) is 0 Å². The van der Waals surface area contributed by atoms with Gasteiger partial charge in [0, 0.05) is 0 Å². The van der Waals surface area contributed by atoms with Crippen molar-refractivity contribution in [2.45, 2.75) is 70.7 Å². The van der Waals surface area contributed by atoms with Crippen LogP contribution in [0.2, 0.25) is 0 Å². The number of aliphatic hydroxyl groups excluding tert-OH is 1. The van der Waals surface area contributed by atoms with Gasteiger partial charge in [-0.25, -0.2) is 0 Å². The Morgan fingerprint density at radius 3 is 2.54 bits per heavy atom. The lowest BCUT2D eigenvalue weighted by molar-refractivity contribution is 0.0752. The van der Waals surface area contributed by atoms with Crippen LogP contribution in [0.5, 0.6) is 0 Å². The van der Waals surface area contributed by atoms with E-state index in [1.54, 1.807) is 0 Å². The minimum Gasteiger partial charge on any atom is -0.390 e. The topological polar surface area (TPSA) is 32.8 Å². The van der Waals surface area contributed by atoms with Crippen LogP contribution < -0.4 is 0 Å². The Morgan fingerprint density at radius 2 is 2.08 bits per heavy atom. The fourth-order valence-corrected chi connectivity index (χ4v) is 1.93. The minimum absolute atomic E-state index is 0.220. The molecule has 3 unspecified atom stereocenters. The Balaban J connectivity index is 2.20. The molecule has 0 aromatic carbocycles. The van der Waals surface area contributed by atoms with Crippen LogP contribution in [0.3, 0.4) is 0 Å². The molecule has 0 saturated carbocycles. The first kappa shape index (κ1) is 11.0. The van der Waals surface area contributed by atoms with E-state index in [1.807, 2.05) is 6.92 Å². The molecule has 3 atom stereocenters. The first-order valence-corrected chi connectivity index (χ1v) is 5.51. The highest BCUT2D eigenvalue weighted by molar-refractivity contribution is 5.03. The summed E-state index contributed by atoms with van der Waals surface area (Å²) in [6, 6.07) is 0. The van der Waals surface area contributed by atoms with E-state index in [-0.39, 0.29) is 11.7 Å². The molecule has 1 aliphatic heterocycles. The number of hydrogen-bond donors (Lipinski definition) is 1. The maximum atomic E-state index is 9.85. The van der Waals surface area contributed by atoms with E-state index in [2.05, 4.69) is 13.8 Å². The molecule has 13 heavy (non-hydrogen) atoms. The summed E-state index contributed by atoms with van der Waals surface area (Å²) in [5, 5.41) is 9.85. The van der Waals surface area contributed by atoms with Crippen LogP contribution in [0.25, 0.3) is 0 Å². The van der Waals surface area contributed by atoms with Gasteiger partial charge >= 0.3 is 0 Å². The van der Waals surface area contributed by atoms with Crippen molar-refractivity contribution in [2.75, 3.05) is 0 Å². The molecule has 1 aliphatic rings. The Kier molecular flexibility index (Phi) is 3.74. The van der Waals surface area contributed by atoms with E-state index >= 15 is 0 Å². The number of aliphatic hydroxyl groups is 1. The van der Waals surface area contributed by atoms with Crippen molar-refractivity contribution in [3.8, 4) is 0 Å². The van der Waals surface area contributed by atoms with Crippen LogP contribution in [-0.4, -0.2) is 22.9 Å². The molecule has 0 aromatic rings. The summed E-state index contributed by atoms with van der Waals surface area (Å²) in [5.41, 5.74) is -0.220. The van der Waals surface area contributed by atoms with Gasteiger partial charge in [-0.1, -0.05) is 33.1 Å².